The van der Waals surface area contributed by atoms with Gasteiger partial charge in [0, 0.05) is 18.1 Å². The van der Waals surface area contributed by atoms with Gasteiger partial charge in [0.05, 0.1) is 6.42 Å². The van der Waals surface area contributed by atoms with Crippen LogP contribution >= 0.6 is 0 Å². The van der Waals surface area contributed by atoms with Crippen LogP contribution in [0.5, 0.6) is 0 Å². The normalized spacial score (nSPS) is 13.7. The van der Waals surface area contributed by atoms with Crippen molar-refractivity contribution in [2.45, 2.75) is 6.42 Å². The maximum atomic E-state index is 11.2. The average Bonchev–Trinajstić information content (AvgIpc) is 2.82. The summed E-state index contributed by atoms with van der Waals surface area (Å²) in [6.07, 6.45) is 4.34. The molecule has 2 heterocycles. The molecule has 0 aliphatic carbocycles. The third-order valence-corrected chi connectivity index (χ3v) is 2.67. The molecule has 0 saturated carbocycles. The standard InChI is InChI=1S/C12H10N2O/c15-12-6-9-2-1-8(5-11(9)14-12)10-3-4-13-7-10/h1-5,7,13H,6H2,(H,14,15). The number of nitrogens with one attached hydrogen (secondary N) is 2. The summed E-state index contributed by atoms with van der Waals surface area (Å²) in [5.74, 6) is 0.0798. The number of benzene rings is 1. The molecular formula is C12H10N2O. The first-order valence-electron chi connectivity index (χ1n) is 4.89. The molecule has 2 aromatic rings. The van der Waals surface area contributed by atoms with Crippen molar-refractivity contribution < 1.29 is 4.79 Å². The zero-order valence-electron chi connectivity index (χ0n) is 8.08. The summed E-state index contributed by atoms with van der Waals surface area (Å²) in [5, 5.41) is 2.85. The van der Waals surface area contributed by atoms with E-state index in [4.69, 9.17) is 0 Å². The largest absolute Gasteiger partial charge is 0.367 e. The predicted octanol–water partition coefficient (Wildman–Crippen LogP) is 2.18. The van der Waals surface area contributed by atoms with Crippen LogP contribution in [0.2, 0.25) is 0 Å². The highest BCUT2D eigenvalue weighted by molar-refractivity contribution is 5.99. The van der Waals surface area contributed by atoms with Gasteiger partial charge < -0.3 is 10.3 Å². The van der Waals surface area contributed by atoms with E-state index >= 15 is 0 Å². The second-order valence-electron chi connectivity index (χ2n) is 3.70. The van der Waals surface area contributed by atoms with Crippen molar-refractivity contribution in [3.8, 4) is 11.1 Å². The summed E-state index contributed by atoms with van der Waals surface area (Å²) in [5.41, 5.74) is 4.29. The lowest BCUT2D eigenvalue weighted by Gasteiger charge is -2.02. The van der Waals surface area contributed by atoms with Crippen molar-refractivity contribution in [1.82, 2.24) is 4.98 Å². The lowest BCUT2D eigenvalue weighted by atomic mass is 10.1. The van der Waals surface area contributed by atoms with E-state index in [1.165, 1.54) is 0 Å². The number of rotatable bonds is 1. The van der Waals surface area contributed by atoms with Gasteiger partial charge in [0.2, 0.25) is 5.91 Å². The molecule has 0 fully saturated rings. The molecule has 1 aliphatic rings. The summed E-state index contributed by atoms with van der Waals surface area (Å²) < 4.78 is 0. The molecule has 1 amide bonds. The van der Waals surface area contributed by atoms with Gasteiger partial charge in [0.15, 0.2) is 0 Å². The van der Waals surface area contributed by atoms with E-state index in [-0.39, 0.29) is 5.91 Å². The molecule has 0 spiro atoms. The number of carbonyl (C=O) groups excluding carboxylic acids is 1. The Morgan fingerprint density at radius 1 is 1.13 bits per heavy atom. The topological polar surface area (TPSA) is 44.9 Å². The molecule has 3 heteroatoms. The summed E-state index contributed by atoms with van der Waals surface area (Å²) in [6.45, 7) is 0. The van der Waals surface area contributed by atoms with Crippen LogP contribution in [0, 0.1) is 0 Å². The van der Waals surface area contributed by atoms with Gasteiger partial charge >= 0.3 is 0 Å². The Labute approximate surface area is 87.1 Å². The van der Waals surface area contributed by atoms with Crippen molar-refractivity contribution in [3.05, 3.63) is 42.2 Å². The summed E-state index contributed by atoms with van der Waals surface area (Å²) in [7, 11) is 0. The zero-order chi connectivity index (χ0) is 10.3. The number of hydrogen-bond acceptors (Lipinski definition) is 1. The average molecular weight is 198 g/mol. The lowest BCUT2D eigenvalue weighted by molar-refractivity contribution is -0.115. The first-order chi connectivity index (χ1) is 7.33. The summed E-state index contributed by atoms with van der Waals surface area (Å²) >= 11 is 0. The maximum Gasteiger partial charge on any atom is 0.228 e. The molecule has 15 heavy (non-hydrogen) atoms. The van der Waals surface area contributed by atoms with Crippen molar-refractivity contribution in [2.24, 2.45) is 0 Å². The lowest BCUT2D eigenvalue weighted by Crippen LogP contribution is -2.03. The van der Waals surface area contributed by atoms with Crippen LogP contribution in [0.3, 0.4) is 0 Å². The molecule has 3 rings (SSSR count). The molecule has 0 bridgehead atoms. The third-order valence-electron chi connectivity index (χ3n) is 2.67. The van der Waals surface area contributed by atoms with Crippen molar-refractivity contribution >= 4 is 11.6 Å². The number of aromatic nitrogens is 1. The van der Waals surface area contributed by atoms with Gasteiger partial charge in [-0.1, -0.05) is 12.1 Å². The number of carbonyl (C=O) groups is 1. The fraction of sp³-hybridized carbons (Fsp3) is 0.0833. The third kappa shape index (κ3) is 1.32. The van der Waals surface area contributed by atoms with Gasteiger partial charge in [0.1, 0.15) is 0 Å². The Bertz CT molecular complexity index is 514. The predicted molar refractivity (Wildman–Crippen MR) is 58.6 cm³/mol. The Morgan fingerprint density at radius 2 is 2.07 bits per heavy atom. The van der Waals surface area contributed by atoms with E-state index in [2.05, 4.69) is 10.3 Å². The summed E-state index contributed by atoms with van der Waals surface area (Å²) in [4.78, 5) is 14.2. The molecular weight excluding hydrogens is 188 g/mol. The highest BCUT2D eigenvalue weighted by Crippen LogP contribution is 2.28. The minimum atomic E-state index is 0.0798. The molecule has 3 nitrogen and oxygen atoms in total. The molecule has 1 aromatic carbocycles. The first kappa shape index (κ1) is 8.29. The van der Waals surface area contributed by atoms with E-state index < -0.39 is 0 Å². The van der Waals surface area contributed by atoms with Crippen molar-refractivity contribution in [2.75, 3.05) is 5.32 Å². The van der Waals surface area contributed by atoms with E-state index in [9.17, 15) is 4.79 Å². The summed E-state index contributed by atoms with van der Waals surface area (Å²) in [6, 6.07) is 8.08. The van der Waals surface area contributed by atoms with Crippen molar-refractivity contribution in [3.63, 3.8) is 0 Å². The Hall–Kier alpha value is -2.03. The number of hydrogen-bond donors (Lipinski definition) is 2. The molecule has 0 unspecified atom stereocenters. The second-order valence-corrected chi connectivity index (χ2v) is 3.70. The Balaban J connectivity index is 2.07. The number of fused-ring (bicyclic) bond motifs is 1. The Kier molecular flexibility index (Phi) is 1.65. The molecule has 0 saturated heterocycles. The van der Waals surface area contributed by atoms with Crippen LogP contribution < -0.4 is 5.32 Å². The molecule has 1 aliphatic heterocycles. The highest BCUT2D eigenvalue weighted by atomic mass is 16.1. The monoisotopic (exact) mass is 198 g/mol. The quantitative estimate of drug-likeness (QED) is 0.724. The van der Waals surface area contributed by atoms with Gasteiger partial charge in [0.25, 0.3) is 0 Å². The van der Waals surface area contributed by atoms with Gasteiger partial charge in [-0.3, -0.25) is 4.79 Å². The van der Waals surface area contributed by atoms with E-state index in [1.54, 1.807) is 0 Å². The number of anilines is 1. The minimum Gasteiger partial charge on any atom is -0.367 e. The molecule has 0 atom stereocenters. The first-order valence-corrected chi connectivity index (χ1v) is 4.89. The second kappa shape index (κ2) is 2.98. The van der Waals surface area contributed by atoms with Gasteiger partial charge in [-0.25, -0.2) is 0 Å². The molecule has 0 radical (unpaired) electrons. The number of aromatic amines is 1. The zero-order valence-corrected chi connectivity index (χ0v) is 8.08. The fourth-order valence-corrected chi connectivity index (χ4v) is 1.90. The number of amides is 1. The van der Waals surface area contributed by atoms with Crippen LogP contribution in [0.25, 0.3) is 11.1 Å². The molecule has 74 valence electrons. The van der Waals surface area contributed by atoms with Gasteiger partial charge in [-0.2, -0.15) is 0 Å². The fourth-order valence-electron chi connectivity index (χ4n) is 1.90. The van der Waals surface area contributed by atoms with Gasteiger partial charge in [-0.05, 0) is 28.8 Å². The maximum absolute atomic E-state index is 11.2. The van der Waals surface area contributed by atoms with Gasteiger partial charge in [-0.15, -0.1) is 0 Å². The smallest absolute Gasteiger partial charge is 0.228 e. The van der Waals surface area contributed by atoms with E-state index in [1.807, 2.05) is 36.7 Å². The minimum absolute atomic E-state index is 0.0798. The molecule has 2 N–H and O–H groups in total. The van der Waals surface area contributed by atoms with Crippen LogP contribution in [-0.4, -0.2) is 10.9 Å². The SMILES string of the molecule is O=C1Cc2ccc(-c3cc[nH]c3)cc2N1. The van der Waals surface area contributed by atoms with Crippen LogP contribution in [-0.2, 0) is 11.2 Å². The van der Waals surface area contributed by atoms with Crippen molar-refractivity contribution in [1.29, 1.82) is 0 Å². The van der Waals surface area contributed by atoms with E-state index in [0.717, 1.165) is 22.4 Å². The molecule has 1 aromatic heterocycles. The van der Waals surface area contributed by atoms with Crippen LogP contribution in [0.4, 0.5) is 5.69 Å². The number of H-pyrrole nitrogens is 1. The Morgan fingerprint density at radius 3 is 2.87 bits per heavy atom. The van der Waals surface area contributed by atoms with E-state index in [0.29, 0.717) is 6.42 Å². The van der Waals surface area contributed by atoms with Crippen LogP contribution in [0.15, 0.2) is 36.7 Å². The van der Waals surface area contributed by atoms with Crippen LogP contribution in [0.1, 0.15) is 5.56 Å². The highest BCUT2D eigenvalue weighted by Gasteiger charge is 2.17.